The van der Waals surface area contributed by atoms with E-state index < -0.39 is 11.5 Å². The standard InChI is InChI=1S/C18H19ClN2O3S/c1-10(2)9-23-15-7-6-13(8-14(15)20-5)17-21-11(3)16(25-17)18(22)24-12(4)19/h6-8,10,12H,9H2,1-4H3. The Morgan fingerprint density at radius 1 is 1.40 bits per heavy atom. The van der Waals surface area contributed by atoms with Gasteiger partial charge in [0, 0.05) is 5.56 Å². The second-order valence-corrected chi connectivity index (χ2v) is 7.49. The number of esters is 1. The molecule has 0 aliphatic carbocycles. The van der Waals surface area contributed by atoms with E-state index in [4.69, 9.17) is 27.6 Å². The molecule has 1 unspecified atom stereocenters. The summed E-state index contributed by atoms with van der Waals surface area (Å²) in [5.74, 6) is 0.431. The lowest BCUT2D eigenvalue weighted by Crippen LogP contribution is -2.09. The van der Waals surface area contributed by atoms with Crippen molar-refractivity contribution in [1.82, 2.24) is 4.98 Å². The Labute approximate surface area is 156 Å². The number of benzene rings is 1. The molecule has 1 atom stereocenters. The highest BCUT2D eigenvalue weighted by Crippen LogP contribution is 2.36. The highest BCUT2D eigenvalue weighted by Gasteiger charge is 2.19. The van der Waals surface area contributed by atoms with E-state index in [0.29, 0.717) is 39.5 Å². The molecule has 0 saturated heterocycles. The Kier molecular flexibility index (Phi) is 6.40. The van der Waals surface area contributed by atoms with Crippen LogP contribution in [0.15, 0.2) is 18.2 Å². The van der Waals surface area contributed by atoms with Crippen LogP contribution in [0.3, 0.4) is 0 Å². The molecule has 0 spiro atoms. The zero-order valence-corrected chi connectivity index (χ0v) is 16.1. The van der Waals surface area contributed by atoms with Gasteiger partial charge in [0.25, 0.3) is 0 Å². The number of alkyl halides is 1. The van der Waals surface area contributed by atoms with E-state index in [0.717, 1.165) is 5.56 Å². The summed E-state index contributed by atoms with van der Waals surface area (Å²) < 4.78 is 10.7. The summed E-state index contributed by atoms with van der Waals surface area (Å²) in [6.45, 7) is 15.3. The third-order valence-corrected chi connectivity index (χ3v) is 4.43. The van der Waals surface area contributed by atoms with Crippen molar-refractivity contribution in [1.29, 1.82) is 0 Å². The molecule has 0 N–H and O–H groups in total. The second-order valence-electron chi connectivity index (χ2n) is 5.88. The molecule has 0 amide bonds. The molecule has 25 heavy (non-hydrogen) atoms. The summed E-state index contributed by atoms with van der Waals surface area (Å²) in [7, 11) is 0. The maximum absolute atomic E-state index is 12.0. The Balaban J connectivity index is 2.30. The minimum Gasteiger partial charge on any atom is -0.504 e. The maximum atomic E-state index is 12.0. The first-order valence-corrected chi connectivity index (χ1v) is 9.04. The van der Waals surface area contributed by atoms with Crippen molar-refractivity contribution in [3.8, 4) is 16.3 Å². The molecule has 0 fully saturated rings. The Hall–Kier alpha value is -2.10. The van der Waals surface area contributed by atoms with E-state index >= 15 is 0 Å². The number of aromatic nitrogens is 1. The summed E-state index contributed by atoms with van der Waals surface area (Å²) >= 11 is 6.92. The first kappa shape index (κ1) is 19.2. The number of hydrogen-bond donors (Lipinski definition) is 0. The van der Waals surface area contributed by atoms with Gasteiger partial charge >= 0.3 is 5.97 Å². The average molecular weight is 379 g/mol. The third-order valence-electron chi connectivity index (χ3n) is 3.15. The van der Waals surface area contributed by atoms with E-state index in [1.165, 1.54) is 11.3 Å². The molecule has 0 aliphatic rings. The lowest BCUT2D eigenvalue weighted by atomic mass is 10.2. The lowest BCUT2D eigenvalue weighted by Gasteiger charge is -2.10. The largest absolute Gasteiger partial charge is 0.504 e. The molecule has 1 aromatic heterocycles. The van der Waals surface area contributed by atoms with Crippen LogP contribution in [-0.2, 0) is 4.74 Å². The number of thiazole rings is 1. The Bertz CT molecular complexity index is 809. The Morgan fingerprint density at radius 3 is 2.72 bits per heavy atom. The summed E-state index contributed by atoms with van der Waals surface area (Å²) in [4.78, 5) is 20.4. The van der Waals surface area contributed by atoms with E-state index in [1.807, 2.05) is 19.9 Å². The molecule has 2 rings (SSSR count). The molecule has 1 aromatic carbocycles. The van der Waals surface area contributed by atoms with Crippen molar-refractivity contribution >= 4 is 34.6 Å². The predicted molar refractivity (Wildman–Crippen MR) is 99.6 cm³/mol. The number of aryl methyl sites for hydroxylation is 1. The molecule has 132 valence electrons. The number of hydrogen-bond acceptors (Lipinski definition) is 5. The molecule has 1 heterocycles. The van der Waals surface area contributed by atoms with E-state index in [1.54, 1.807) is 26.0 Å². The van der Waals surface area contributed by atoms with Gasteiger partial charge in [0.05, 0.1) is 18.9 Å². The molecular weight excluding hydrogens is 360 g/mol. The molecule has 5 nitrogen and oxygen atoms in total. The van der Waals surface area contributed by atoms with Crippen molar-refractivity contribution in [2.45, 2.75) is 33.3 Å². The number of carbonyl (C=O) groups is 1. The van der Waals surface area contributed by atoms with Gasteiger partial charge in [0.15, 0.2) is 5.56 Å². The van der Waals surface area contributed by atoms with E-state index in [2.05, 4.69) is 9.83 Å². The van der Waals surface area contributed by atoms with Crippen LogP contribution < -0.4 is 4.74 Å². The van der Waals surface area contributed by atoms with Crippen molar-refractivity contribution in [2.75, 3.05) is 6.61 Å². The van der Waals surface area contributed by atoms with Crippen LogP contribution >= 0.6 is 22.9 Å². The highest BCUT2D eigenvalue weighted by molar-refractivity contribution is 7.17. The molecule has 7 heteroatoms. The van der Waals surface area contributed by atoms with Crippen LogP contribution in [0.4, 0.5) is 5.69 Å². The Morgan fingerprint density at radius 2 is 2.12 bits per heavy atom. The summed E-state index contributed by atoms with van der Waals surface area (Å²) in [5, 5.41) is 0.645. The summed E-state index contributed by atoms with van der Waals surface area (Å²) in [6.07, 6.45) is 0. The number of rotatable bonds is 6. The quantitative estimate of drug-likeness (QED) is 0.381. The second kappa shape index (κ2) is 8.32. The van der Waals surface area contributed by atoms with Crippen LogP contribution in [0.1, 0.15) is 36.1 Å². The minimum absolute atomic E-state index is 0.373. The molecule has 2 aromatic rings. The maximum Gasteiger partial charge on any atom is 0.351 e. The van der Waals surface area contributed by atoms with Crippen molar-refractivity contribution in [3.63, 3.8) is 0 Å². The van der Waals surface area contributed by atoms with Gasteiger partial charge in [0.2, 0.25) is 5.69 Å². The van der Waals surface area contributed by atoms with Crippen LogP contribution in [-0.4, -0.2) is 23.1 Å². The van der Waals surface area contributed by atoms with Gasteiger partial charge in [-0.05, 0) is 31.9 Å². The van der Waals surface area contributed by atoms with Gasteiger partial charge in [-0.1, -0.05) is 31.5 Å². The zero-order chi connectivity index (χ0) is 18.6. The third kappa shape index (κ3) is 4.94. The van der Waals surface area contributed by atoms with Gasteiger partial charge < -0.3 is 9.47 Å². The smallest absolute Gasteiger partial charge is 0.351 e. The first-order valence-electron chi connectivity index (χ1n) is 7.79. The van der Waals surface area contributed by atoms with Crippen LogP contribution in [0.2, 0.25) is 0 Å². The highest BCUT2D eigenvalue weighted by atomic mass is 35.5. The fourth-order valence-electron chi connectivity index (χ4n) is 2.03. The molecule has 0 saturated carbocycles. The molecular formula is C18H19ClN2O3S. The summed E-state index contributed by atoms with van der Waals surface area (Å²) in [6, 6.07) is 5.32. The van der Waals surface area contributed by atoms with Crippen LogP contribution in [0.25, 0.3) is 15.4 Å². The molecule has 0 aliphatic heterocycles. The number of carbonyl (C=O) groups excluding carboxylic acids is 1. The zero-order valence-electron chi connectivity index (χ0n) is 14.5. The van der Waals surface area contributed by atoms with Crippen LogP contribution in [0.5, 0.6) is 5.75 Å². The van der Waals surface area contributed by atoms with Gasteiger partial charge in [-0.25, -0.2) is 14.6 Å². The molecule has 0 bridgehead atoms. The number of ether oxygens (including phenoxy) is 2. The normalized spacial score (nSPS) is 11.9. The van der Waals surface area contributed by atoms with Gasteiger partial charge in [0.1, 0.15) is 15.6 Å². The molecule has 0 radical (unpaired) electrons. The van der Waals surface area contributed by atoms with E-state index in [9.17, 15) is 4.79 Å². The predicted octanol–water partition coefficient (Wildman–Crippen LogP) is 5.45. The topological polar surface area (TPSA) is 52.8 Å². The van der Waals surface area contributed by atoms with Crippen LogP contribution in [0, 0.1) is 19.4 Å². The SMILES string of the molecule is [C-]#[N+]c1cc(-c2nc(C)c(C(=O)OC(C)Cl)s2)ccc1OCC(C)C. The van der Waals surface area contributed by atoms with Gasteiger partial charge in [-0.2, -0.15) is 0 Å². The van der Waals surface area contributed by atoms with Crippen molar-refractivity contribution in [2.24, 2.45) is 5.92 Å². The average Bonchev–Trinajstić information content (AvgIpc) is 2.94. The summed E-state index contributed by atoms with van der Waals surface area (Å²) in [5.41, 5.74) is 1.05. The number of nitrogens with zero attached hydrogens (tertiary/aromatic N) is 2. The van der Waals surface area contributed by atoms with E-state index in [-0.39, 0.29) is 0 Å². The number of halogens is 1. The van der Waals surface area contributed by atoms with Crippen molar-refractivity contribution in [3.05, 3.63) is 40.2 Å². The fourth-order valence-corrected chi connectivity index (χ4v) is 3.05. The van der Waals surface area contributed by atoms with Crippen molar-refractivity contribution < 1.29 is 14.3 Å². The lowest BCUT2D eigenvalue weighted by molar-refractivity contribution is 0.0477. The van der Waals surface area contributed by atoms with Gasteiger partial charge in [-0.15, -0.1) is 11.3 Å². The van der Waals surface area contributed by atoms with Gasteiger partial charge in [-0.3, -0.25) is 0 Å². The fraction of sp³-hybridized carbons (Fsp3) is 0.389. The monoisotopic (exact) mass is 378 g/mol. The first-order chi connectivity index (χ1) is 11.8. The minimum atomic E-state index is -0.705.